The normalized spacial score (nSPS) is 12.6. The van der Waals surface area contributed by atoms with Crippen LogP contribution in [-0.2, 0) is 11.3 Å². The summed E-state index contributed by atoms with van der Waals surface area (Å²) in [5.41, 5.74) is 5.70. The third-order valence-corrected chi connectivity index (χ3v) is 4.16. The average molecular weight is 322 g/mol. The molecule has 0 spiro atoms. The number of nitrogens with zero attached hydrogens (tertiary/aromatic N) is 3. The zero-order chi connectivity index (χ0) is 16.3. The van der Waals surface area contributed by atoms with Crippen molar-refractivity contribution in [1.29, 1.82) is 0 Å². The van der Waals surface area contributed by atoms with Crippen molar-refractivity contribution in [2.45, 2.75) is 37.7 Å². The molecule has 118 valence electrons. The van der Waals surface area contributed by atoms with E-state index in [2.05, 4.69) is 24.0 Å². The topological polar surface area (TPSA) is 73.8 Å². The van der Waals surface area contributed by atoms with Gasteiger partial charge in [-0.1, -0.05) is 37.7 Å². The Balaban J connectivity index is 2.45. The molecule has 0 bridgehead atoms. The Morgan fingerprint density at radius 3 is 2.59 bits per heavy atom. The SMILES string of the molecule is CC(C)Cn1c(SC(C)C(N)=O)nnc1-c1ccccc1F. The van der Waals surface area contributed by atoms with Gasteiger partial charge in [0.2, 0.25) is 5.91 Å². The van der Waals surface area contributed by atoms with Gasteiger partial charge in [0, 0.05) is 6.54 Å². The lowest BCUT2D eigenvalue weighted by Crippen LogP contribution is -2.23. The average Bonchev–Trinajstić information content (AvgIpc) is 2.81. The molecular formula is C15H19FN4OS. The van der Waals surface area contributed by atoms with E-state index in [1.165, 1.54) is 17.8 Å². The fourth-order valence-corrected chi connectivity index (χ4v) is 2.77. The van der Waals surface area contributed by atoms with Crippen molar-refractivity contribution < 1.29 is 9.18 Å². The fraction of sp³-hybridized carbons (Fsp3) is 0.400. The highest BCUT2D eigenvalue weighted by Gasteiger charge is 2.21. The van der Waals surface area contributed by atoms with Crippen LogP contribution in [0.5, 0.6) is 0 Å². The molecule has 0 aliphatic rings. The van der Waals surface area contributed by atoms with Gasteiger partial charge in [-0.25, -0.2) is 4.39 Å². The van der Waals surface area contributed by atoms with Gasteiger partial charge in [0.25, 0.3) is 0 Å². The monoisotopic (exact) mass is 322 g/mol. The minimum Gasteiger partial charge on any atom is -0.369 e. The maximum atomic E-state index is 14.0. The summed E-state index contributed by atoms with van der Waals surface area (Å²) < 4.78 is 15.9. The van der Waals surface area contributed by atoms with Crippen molar-refractivity contribution in [2.75, 3.05) is 0 Å². The first-order valence-electron chi connectivity index (χ1n) is 7.04. The molecule has 1 atom stereocenters. The van der Waals surface area contributed by atoms with Crippen LogP contribution in [0.4, 0.5) is 4.39 Å². The van der Waals surface area contributed by atoms with E-state index in [4.69, 9.17) is 5.73 Å². The van der Waals surface area contributed by atoms with Crippen LogP contribution in [0.3, 0.4) is 0 Å². The molecule has 22 heavy (non-hydrogen) atoms. The van der Waals surface area contributed by atoms with E-state index in [0.29, 0.717) is 29.0 Å². The van der Waals surface area contributed by atoms with Crippen molar-refractivity contribution in [1.82, 2.24) is 14.8 Å². The van der Waals surface area contributed by atoms with E-state index in [0.717, 1.165) is 0 Å². The van der Waals surface area contributed by atoms with Gasteiger partial charge in [-0.3, -0.25) is 4.79 Å². The summed E-state index contributed by atoms with van der Waals surface area (Å²) in [6, 6.07) is 6.45. The number of carbonyl (C=O) groups excluding carboxylic acids is 1. The Labute approximate surface area is 133 Å². The van der Waals surface area contributed by atoms with Gasteiger partial charge in [0.15, 0.2) is 11.0 Å². The van der Waals surface area contributed by atoms with Gasteiger partial charge in [0.05, 0.1) is 10.8 Å². The number of halogens is 1. The molecule has 1 aromatic carbocycles. The number of hydrogen-bond donors (Lipinski definition) is 1. The van der Waals surface area contributed by atoms with Gasteiger partial charge in [-0.2, -0.15) is 0 Å². The van der Waals surface area contributed by atoms with Gasteiger partial charge < -0.3 is 10.3 Å². The number of primary amides is 1. The summed E-state index contributed by atoms with van der Waals surface area (Å²) in [5.74, 6) is 0.0201. The molecule has 1 unspecified atom stereocenters. The molecule has 2 rings (SSSR count). The molecule has 1 heterocycles. The number of thioether (sulfide) groups is 1. The first-order valence-corrected chi connectivity index (χ1v) is 7.92. The Morgan fingerprint density at radius 2 is 2.00 bits per heavy atom. The van der Waals surface area contributed by atoms with Gasteiger partial charge >= 0.3 is 0 Å². The lowest BCUT2D eigenvalue weighted by molar-refractivity contribution is -0.117. The third-order valence-electron chi connectivity index (χ3n) is 3.06. The van der Waals surface area contributed by atoms with Crippen LogP contribution in [-0.4, -0.2) is 25.9 Å². The molecule has 0 aliphatic carbocycles. The molecule has 0 fully saturated rings. The number of carbonyl (C=O) groups is 1. The summed E-state index contributed by atoms with van der Waals surface area (Å²) in [6.45, 7) is 6.45. The third kappa shape index (κ3) is 3.65. The summed E-state index contributed by atoms with van der Waals surface area (Å²) in [5, 5.41) is 8.36. The van der Waals surface area contributed by atoms with Crippen LogP contribution in [0.1, 0.15) is 20.8 Å². The zero-order valence-corrected chi connectivity index (χ0v) is 13.6. The second-order valence-electron chi connectivity index (χ2n) is 5.45. The first-order chi connectivity index (χ1) is 10.4. The molecule has 1 amide bonds. The Hall–Kier alpha value is -1.89. The Kier molecular flexibility index (Phi) is 5.18. The molecule has 1 aromatic heterocycles. The van der Waals surface area contributed by atoms with Gasteiger partial charge in [-0.05, 0) is 25.0 Å². The molecule has 0 saturated carbocycles. The Bertz CT molecular complexity index is 671. The van der Waals surface area contributed by atoms with E-state index in [-0.39, 0.29) is 5.82 Å². The van der Waals surface area contributed by atoms with E-state index < -0.39 is 11.2 Å². The van der Waals surface area contributed by atoms with Crippen LogP contribution in [0.15, 0.2) is 29.4 Å². The van der Waals surface area contributed by atoms with E-state index >= 15 is 0 Å². The van der Waals surface area contributed by atoms with E-state index in [1.807, 2.05) is 4.57 Å². The van der Waals surface area contributed by atoms with Crippen LogP contribution < -0.4 is 5.73 Å². The van der Waals surface area contributed by atoms with Crippen molar-refractivity contribution in [3.63, 3.8) is 0 Å². The van der Waals surface area contributed by atoms with Crippen LogP contribution in [0, 0.1) is 11.7 Å². The molecule has 0 aliphatic heterocycles. The standard InChI is InChI=1S/C15H19FN4OS/c1-9(2)8-20-14(11-6-4-5-7-12(11)16)18-19-15(20)22-10(3)13(17)21/h4-7,9-10H,8H2,1-3H3,(H2,17,21). The predicted molar refractivity (Wildman–Crippen MR) is 84.8 cm³/mol. The summed E-state index contributed by atoms with van der Waals surface area (Å²) in [6.07, 6.45) is 0. The minimum atomic E-state index is -0.427. The molecule has 5 nitrogen and oxygen atoms in total. The number of aromatic nitrogens is 3. The number of benzene rings is 1. The molecule has 0 saturated heterocycles. The number of amides is 1. The lowest BCUT2D eigenvalue weighted by Gasteiger charge is -2.14. The largest absolute Gasteiger partial charge is 0.369 e. The molecule has 2 aromatic rings. The smallest absolute Gasteiger partial charge is 0.230 e. The molecule has 7 heteroatoms. The maximum Gasteiger partial charge on any atom is 0.230 e. The summed E-state index contributed by atoms with van der Waals surface area (Å²) >= 11 is 1.23. The van der Waals surface area contributed by atoms with Gasteiger partial charge in [0.1, 0.15) is 5.82 Å². The molecule has 0 radical (unpaired) electrons. The highest BCUT2D eigenvalue weighted by atomic mass is 32.2. The second-order valence-corrected chi connectivity index (χ2v) is 6.76. The predicted octanol–water partition coefficient (Wildman–Crippen LogP) is 2.71. The highest BCUT2D eigenvalue weighted by molar-refractivity contribution is 8.00. The fourth-order valence-electron chi connectivity index (χ4n) is 1.96. The zero-order valence-electron chi connectivity index (χ0n) is 12.8. The van der Waals surface area contributed by atoms with Crippen molar-refractivity contribution >= 4 is 17.7 Å². The van der Waals surface area contributed by atoms with E-state index in [9.17, 15) is 9.18 Å². The van der Waals surface area contributed by atoms with Crippen molar-refractivity contribution in [3.8, 4) is 11.4 Å². The number of hydrogen-bond acceptors (Lipinski definition) is 4. The first kappa shape index (κ1) is 16.5. The van der Waals surface area contributed by atoms with Gasteiger partial charge in [-0.15, -0.1) is 10.2 Å². The Morgan fingerprint density at radius 1 is 1.32 bits per heavy atom. The number of nitrogens with two attached hydrogens (primary N) is 1. The van der Waals surface area contributed by atoms with Crippen molar-refractivity contribution in [2.24, 2.45) is 11.7 Å². The minimum absolute atomic E-state index is 0.324. The second kappa shape index (κ2) is 6.91. The lowest BCUT2D eigenvalue weighted by atomic mass is 10.2. The van der Waals surface area contributed by atoms with Crippen LogP contribution in [0.25, 0.3) is 11.4 Å². The molecular weight excluding hydrogens is 303 g/mol. The van der Waals surface area contributed by atoms with Crippen LogP contribution in [0.2, 0.25) is 0 Å². The van der Waals surface area contributed by atoms with Crippen molar-refractivity contribution in [3.05, 3.63) is 30.1 Å². The quantitative estimate of drug-likeness (QED) is 0.830. The number of rotatable bonds is 6. The van der Waals surface area contributed by atoms with E-state index in [1.54, 1.807) is 25.1 Å². The summed E-state index contributed by atoms with van der Waals surface area (Å²) in [4.78, 5) is 11.3. The summed E-state index contributed by atoms with van der Waals surface area (Å²) in [7, 11) is 0. The molecule has 2 N–H and O–H groups in total. The van der Waals surface area contributed by atoms with Crippen LogP contribution >= 0.6 is 11.8 Å². The highest BCUT2D eigenvalue weighted by Crippen LogP contribution is 2.28. The maximum absolute atomic E-state index is 14.0.